The van der Waals surface area contributed by atoms with Gasteiger partial charge in [0.25, 0.3) is 11.9 Å². The molecule has 100 valence electrons. The lowest BCUT2D eigenvalue weighted by molar-refractivity contribution is -0.647. The van der Waals surface area contributed by atoms with Crippen LogP contribution in [0.3, 0.4) is 0 Å². The first-order chi connectivity index (χ1) is 9.16. The molecule has 0 aliphatic rings. The van der Waals surface area contributed by atoms with Gasteiger partial charge in [0.1, 0.15) is 5.52 Å². The highest BCUT2D eigenvalue weighted by atomic mass is 127. The average molecular weight is 377 g/mol. The summed E-state index contributed by atoms with van der Waals surface area (Å²) >= 11 is 0. The largest absolute Gasteiger partial charge is 1.00 e. The maximum Gasteiger partial charge on any atom is 0.287 e. The summed E-state index contributed by atoms with van der Waals surface area (Å²) in [7, 11) is 3.76. The molecule has 2 aromatic carbocycles. The molecule has 0 fully saturated rings. The predicted molar refractivity (Wildman–Crippen MR) is 74.4 cm³/mol. The van der Waals surface area contributed by atoms with Gasteiger partial charge in [-0.1, -0.05) is 0 Å². The zero-order valence-electron chi connectivity index (χ0n) is 11.1. The van der Waals surface area contributed by atoms with Gasteiger partial charge in [0.2, 0.25) is 0 Å². The molecule has 0 spiro atoms. The molecule has 20 heavy (non-hydrogen) atoms. The summed E-state index contributed by atoms with van der Waals surface area (Å²) in [5.41, 5.74) is 2.06. The fourth-order valence-corrected chi connectivity index (χ4v) is 2.84. The third kappa shape index (κ3) is 1.56. The van der Waals surface area contributed by atoms with Gasteiger partial charge in [-0.25, -0.2) is 4.57 Å². The summed E-state index contributed by atoms with van der Waals surface area (Å²) in [6.07, 6.45) is 3.69. The first kappa shape index (κ1) is 13.2. The Hall–Kier alpha value is -1.76. The summed E-state index contributed by atoms with van der Waals surface area (Å²) in [5, 5.41) is 3.91. The van der Waals surface area contributed by atoms with Gasteiger partial charge in [-0.05, 0) is 34.6 Å². The maximum atomic E-state index is 12.3. The second-order valence-electron chi connectivity index (χ2n) is 4.96. The maximum absolute atomic E-state index is 12.3. The molecule has 0 unspecified atom stereocenters. The van der Waals surface area contributed by atoms with Crippen molar-refractivity contribution >= 4 is 32.6 Å². The highest BCUT2D eigenvalue weighted by Gasteiger charge is 2.16. The number of pyridine rings is 1. The van der Waals surface area contributed by atoms with Crippen LogP contribution in [0, 0.1) is 0 Å². The van der Waals surface area contributed by atoms with Gasteiger partial charge >= 0.3 is 0 Å². The Labute approximate surface area is 132 Å². The predicted octanol–water partition coefficient (Wildman–Crippen LogP) is -1.49. The van der Waals surface area contributed by atoms with E-state index in [4.69, 9.17) is 0 Å². The Morgan fingerprint density at radius 1 is 1.15 bits per heavy atom. The highest BCUT2D eigenvalue weighted by Crippen LogP contribution is 2.29. The first-order valence-electron chi connectivity index (χ1n) is 6.15. The van der Waals surface area contributed by atoms with Crippen LogP contribution in [-0.4, -0.2) is 9.55 Å². The molecule has 4 nitrogen and oxygen atoms in total. The minimum Gasteiger partial charge on any atom is -1.00 e. The Balaban J connectivity index is 0.00000121. The fourth-order valence-electron chi connectivity index (χ4n) is 2.84. The number of halogens is 1. The molecule has 2 heterocycles. The Kier molecular flexibility index (Phi) is 2.89. The van der Waals surface area contributed by atoms with E-state index in [1.807, 2.05) is 29.9 Å². The van der Waals surface area contributed by atoms with Gasteiger partial charge in [-0.15, -0.1) is 0 Å². The number of rotatable bonds is 0. The van der Waals surface area contributed by atoms with Crippen molar-refractivity contribution in [2.24, 2.45) is 14.1 Å². The van der Waals surface area contributed by atoms with E-state index in [9.17, 15) is 4.79 Å². The molecule has 0 saturated carbocycles. The first-order valence-corrected chi connectivity index (χ1v) is 6.15. The van der Waals surface area contributed by atoms with Gasteiger partial charge in [0, 0.05) is 24.0 Å². The quantitative estimate of drug-likeness (QED) is 0.213. The summed E-state index contributed by atoms with van der Waals surface area (Å²) in [6, 6.07) is 7.94. The van der Waals surface area contributed by atoms with Gasteiger partial charge in [0.15, 0.2) is 5.52 Å². The molecule has 0 radical (unpaired) electrons. The molecule has 0 saturated heterocycles. The van der Waals surface area contributed by atoms with Crippen molar-refractivity contribution in [3.63, 3.8) is 0 Å². The van der Waals surface area contributed by atoms with Crippen LogP contribution < -0.4 is 34.1 Å². The van der Waals surface area contributed by atoms with Crippen LogP contribution in [0.25, 0.3) is 32.6 Å². The molecular formula is C15H12IN3O. The van der Waals surface area contributed by atoms with Crippen LogP contribution in [0.5, 0.6) is 0 Å². The fraction of sp³-hybridized carbons (Fsp3) is 0.133. The van der Waals surface area contributed by atoms with E-state index in [0.717, 1.165) is 32.6 Å². The molecular weight excluding hydrogens is 365 g/mol. The van der Waals surface area contributed by atoms with E-state index in [2.05, 4.69) is 17.1 Å². The molecule has 0 aliphatic heterocycles. The molecule has 0 atom stereocenters. The summed E-state index contributed by atoms with van der Waals surface area (Å²) in [4.78, 5) is 16.7. The number of aryl methyl sites for hydroxylation is 2. The second kappa shape index (κ2) is 4.37. The van der Waals surface area contributed by atoms with E-state index in [-0.39, 0.29) is 29.5 Å². The Morgan fingerprint density at radius 3 is 2.75 bits per heavy atom. The van der Waals surface area contributed by atoms with E-state index < -0.39 is 0 Å². The second-order valence-corrected chi connectivity index (χ2v) is 4.96. The molecule has 0 aliphatic carbocycles. The SMILES string of the molecule is Cn1cc2ccc3c4c(ccc(c1=O)c24)nc[n+]3C.[I-]. The van der Waals surface area contributed by atoms with E-state index >= 15 is 0 Å². The number of aromatic nitrogens is 3. The topological polar surface area (TPSA) is 38.8 Å². The summed E-state index contributed by atoms with van der Waals surface area (Å²) in [6.45, 7) is 0. The van der Waals surface area contributed by atoms with Gasteiger partial charge in [-0.2, -0.15) is 0 Å². The molecule has 5 heteroatoms. The van der Waals surface area contributed by atoms with Crippen molar-refractivity contribution in [2.45, 2.75) is 0 Å². The number of nitrogens with zero attached hydrogens (tertiary/aromatic N) is 3. The standard InChI is InChI=1S/C15H12N3O.HI/c1-17-7-9-3-6-12-14-11(16-8-18(12)2)5-4-10(13(9)14)15(17)19;/h3-8H,1-2H3;1H/q+1;/p-1. The molecule has 0 bridgehead atoms. The van der Waals surface area contributed by atoms with E-state index in [1.165, 1.54) is 0 Å². The molecule has 0 N–H and O–H groups in total. The zero-order valence-corrected chi connectivity index (χ0v) is 13.2. The highest BCUT2D eigenvalue weighted by molar-refractivity contribution is 6.20. The van der Waals surface area contributed by atoms with Crippen molar-refractivity contribution in [1.82, 2.24) is 9.55 Å². The van der Waals surface area contributed by atoms with Crippen LogP contribution in [-0.2, 0) is 14.1 Å². The average Bonchev–Trinajstić information content (AvgIpc) is 2.42. The Bertz CT molecular complexity index is 1010. The van der Waals surface area contributed by atoms with Crippen molar-refractivity contribution in [1.29, 1.82) is 0 Å². The lowest BCUT2D eigenvalue weighted by Crippen LogP contribution is -3.00. The van der Waals surface area contributed by atoms with E-state index in [1.54, 1.807) is 17.9 Å². The van der Waals surface area contributed by atoms with Crippen LogP contribution in [0.4, 0.5) is 0 Å². The summed E-state index contributed by atoms with van der Waals surface area (Å²) in [5.74, 6) is 0. The molecule has 4 aromatic rings. The van der Waals surface area contributed by atoms with Crippen molar-refractivity contribution in [2.75, 3.05) is 0 Å². The zero-order chi connectivity index (χ0) is 13.1. The number of hydrogen-bond acceptors (Lipinski definition) is 2. The van der Waals surface area contributed by atoms with Crippen LogP contribution >= 0.6 is 0 Å². The Morgan fingerprint density at radius 2 is 1.95 bits per heavy atom. The molecule has 4 rings (SSSR count). The third-order valence-electron chi connectivity index (χ3n) is 3.78. The van der Waals surface area contributed by atoms with Crippen molar-refractivity contribution in [3.05, 3.63) is 47.1 Å². The summed E-state index contributed by atoms with van der Waals surface area (Å²) < 4.78 is 3.62. The number of benzene rings is 2. The van der Waals surface area contributed by atoms with Gasteiger partial charge in [-0.3, -0.25) is 4.79 Å². The minimum absolute atomic E-state index is 0. The van der Waals surface area contributed by atoms with Crippen LogP contribution in [0.1, 0.15) is 0 Å². The lowest BCUT2D eigenvalue weighted by Gasteiger charge is -2.09. The smallest absolute Gasteiger partial charge is 0.287 e. The van der Waals surface area contributed by atoms with E-state index in [0.29, 0.717) is 0 Å². The third-order valence-corrected chi connectivity index (χ3v) is 3.78. The van der Waals surface area contributed by atoms with Gasteiger partial charge < -0.3 is 28.5 Å². The normalized spacial score (nSPS) is 11.3. The van der Waals surface area contributed by atoms with Crippen molar-refractivity contribution in [3.8, 4) is 0 Å². The minimum atomic E-state index is 0. The molecule has 2 aromatic heterocycles. The van der Waals surface area contributed by atoms with Crippen LogP contribution in [0.15, 0.2) is 41.6 Å². The van der Waals surface area contributed by atoms with Crippen molar-refractivity contribution < 1.29 is 28.5 Å². The monoisotopic (exact) mass is 377 g/mol. The van der Waals surface area contributed by atoms with Gasteiger partial charge in [0.05, 0.1) is 12.4 Å². The molecule has 0 amide bonds. The lowest BCUT2D eigenvalue weighted by atomic mass is 10.0. The number of hydrogen-bond donors (Lipinski definition) is 0. The van der Waals surface area contributed by atoms with Crippen LogP contribution in [0.2, 0.25) is 0 Å².